The Bertz CT molecular complexity index is 1000. The highest BCUT2D eigenvalue weighted by Crippen LogP contribution is 2.36. The Morgan fingerprint density at radius 1 is 1.25 bits per heavy atom. The Morgan fingerprint density at radius 3 is 2.46 bits per heavy atom. The summed E-state index contributed by atoms with van der Waals surface area (Å²) in [6.07, 6.45) is 0. The second-order valence-electron chi connectivity index (χ2n) is 5.84. The maximum Gasteiger partial charge on any atom is 0.263 e. The van der Waals surface area contributed by atoms with Crippen LogP contribution in [0.2, 0.25) is 0 Å². The van der Waals surface area contributed by atoms with E-state index in [1.54, 1.807) is 26.0 Å². The summed E-state index contributed by atoms with van der Waals surface area (Å²) in [4.78, 5) is 30.9. The minimum absolute atomic E-state index is 0.100. The summed E-state index contributed by atoms with van der Waals surface area (Å²) in [7, 11) is 0. The predicted molar refractivity (Wildman–Crippen MR) is 94.1 cm³/mol. The van der Waals surface area contributed by atoms with Gasteiger partial charge in [0.1, 0.15) is 16.5 Å². The van der Waals surface area contributed by atoms with E-state index in [2.05, 4.69) is 4.98 Å². The van der Waals surface area contributed by atoms with Gasteiger partial charge in [0, 0.05) is 10.4 Å². The third-order valence-electron chi connectivity index (χ3n) is 4.22. The highest BCUT2D eigenvalue weighted by atomic mass is 32.1. The second-order valence-corrected chi connectivity index (χ2v) is 7.04. The Hall–Kier alpha value is -2.34. The standard InChI is InChI=1S/C18H17FN2O2S/c1-9(10(2)22)21-12(4)20-17-16(18(21)23)15(11(3)24-17)13-5-7-14(19)8-6-13/h5-9H,1-4H3. The summed E-state index contributed by atoms with van der Waals surface area (Å²) in [5.74, 6) is 0.0891. The van der Waals surface area contributed by atoms with E-state index in [1.807, 2.05) is 6.92 Å². The molecule has 3 aromatic rings. The zero-order valence-electron chi connectivity index (χ0n) is 13.9. The molecule has 0 amide bonds. The summed E-state index contributed by atoms with van der Waals surface area (Å²) in [6, 6.07) is 5.48. The van der Waals surface area contributed by atoms with Gasteiger partial charge >= 0.3 is 0 Å². The van der Waals surface area contributed by atoms with Gasteiger partial charge in [-0.15, -0.1) is 11.3 Å². The average molecular weight is 344 g/mol. The monoisotopic (exact) mass is 344 g/mol. The molecule has 1 unspecified atom stereocenters. The SMILES string of the molecule is CC(=O)C(C)n1c(C)nc2sc(C)c(-c3ccc(F)cc3)c2c1=O. The molecule has 0 radical (unpaired) electrons. The van der Waals surface area contributed by atoms with E-state index >= 15 is 0 Å². The van der Waals surface area contributed by atoms with E-state index in [0.29, 0.717) is 16.0 Å². The van der Waals surface area contributed by atoms with Crippen LogP contribution in [0.5, 0.6) is 0 Å². The molecule has 1 aromatic carbocycles. The van der Waals surface area contributed by atoms with Crippen LogP contribution in [0.25, 0.3) is 21.3 Å². The van der Waals surface area contributed by atoms with Crippen molar-refractivity contribution in [3.63, 3.8) is 0 Å². The van der Waals surface area contributed by atoms with Crippen molar-refractivity contribution >= 4 is 27.3 Å². The maximum absolute atomic E-state index is 13.2. The topological polar surface area (TPSA) is 52.0 Å². The molecule has 2 heterocycles. The molecule has 24 heavy (non-hydrogen) atoms. The van der Waals surface area contributed by atoms with Gasteiger partial charge in [-0.05, 0) is 45.4 Å². The fourth-order valence-electron chi connectivity index (χ4n) is 2.88. The number of hydrogen-bond donors (Lipinski definition) is 0. The number of aromatic nitrogens is 2. The molecule has 3 rings (SSSR count). The van der Waals surface area contributed by atoms with E-state index in [0.717, 1.165) is 16.0 Å². The van der Waals surface area contributed by atoms with Crippen molar-refractivity contribution < 1.29 is 9.18 Å². The van der Waals surface area contributed by atoms with Crippen molar-refractivity contribution in [3.8, 4) is 11.1 Å². The minimum atomic E-state index is -0.573. The van der Waals surface area contributed by atoms with Gasteiger partial charge in [0.25, 0.3) is 5.56 Å². The van der Waals surface area contributed by atoms with Gasteiger partial charge in [0.05, 0.1) is 11.4 Å². The number of halogens is 1. The first-order chi connectivity index (χ1) is 11.3. The first-order valence-corrected chi connectivity index (χ1v) is 8.41. The molecule has 0 aliphatic carbocycles. The molecule has 6 heteroatoms. The second kappa shape index (κ2) is 5.94. The van der Waals surface area contributed by atoms with Crippen molar-refractivity contribution in [1.82, 2.24) is 9.55 Å². The maximum atomic E-state index is 13.2. The molecule has 0 bridgehead atoms. The van der Waals surface area contributed by atoms with Crippen molar-refractivity contribution in [2.24, 2.45) is 0 Å². The zero-order valence-corrected chi connectivity index (χ0v) is 14.7. The number of fused-ring (bicyclic) bond motifs is 1. The number of nitrogens with zero attached hydrogens (tertiary/aromatic N) is 2. The average Bonchev–Trinajstić information content (AvgIpc) is 2.84. The van der Waals surface area contributed by atoms with Crippen molar-refractivity contribution in [2.75, 3.05) is 0 Å². The summed E-state index contributed by atoms with van der Waals surface area (Å²) >= 11 is 1.43. The van der Waals surface area contributed by atoms with Crippen molar-refractivity contribution in [1.29, 1.82) is 0 Å². The Labute approximate surface area is 142 Å². The lowest BCUT2D eigenvalue weighted by molar-refractivity contribution is -0.119. The number of hydrogen-bond acceptors (Lipinski definition) is 4. The zero-order chi connectivity index (χ0) is 17.6. The van der Waals surface area contributed by atoms with E-state index in [9.17, 15) is 14.0 Å². The summed E-state index contributed by atoms with van der Waals surface area (Å²) < 4.78 is 14.7. The number of rotatable bonds is 3. The summed E-state index contributed by atoms with van der Waals surface area (Å²) in [5.41, 5.74) is 1.30. The fraction of sp³-hybridized carbons (Fsp3) is 0.278. The lowest BCUT2D eigenvalue weighted by atomic mass is 10.0. The van der Waals surface area contributed by atoms with Crippen LogP contribution in [0.3, 0.4) is 0 Å². The first-order valence-electron chi connectivity index (χ1n) is 7.60. The highest BCUT2D eigenvalue weighted by Gasteiger charge is 2.22. The molecule has 0 N–H and O–H groups in total. The number of Topliss-reactive ketones (excluding diaryl/α,β-unsaturated/α-hetero) is 1. The number of carbonyl (C=O) groups excluding carboxylic acids is 1. The Balaban J connectivity index is 2.38. The number of ketones is 1. The van der Waals surface area contributed by atoms with E-state index in [-0.39, 0.29) is 17.2 Å². The van der Waals surface area contributed by atoms with Gasteiger partial charge in [0.15, 0.2) is 5.78 Å². The normalized spacial score (nSPS) is 12.5. The molecule has 0 aliphatic rings. The molecular weight excluding hydrogens is 327 g/mol. The lowest BCUT2D eigenvalue weighted by Crippen LogP contribution is -2.29. The number of benzene rings is 1. The van der Waals surface area contributed by atoms with Crippen LogP contribution in [0.1, 0.15) is 30.6 Å². The molecule has 0 saturated carbocycles. The van der Waals surface area contributed by atoms with Crippen LogP contribution in [-0.2, 0) is 4.79 Å². The van der Waals surface area contributed by atoms with E-state index in [4.69, 9.17) is 0 Å². The molecule has 0 saturated heterocycles. The van der Waals surface area contributed by atoms with Crippen LogP contribution in [-0.4, -0.2) is 15.3 Å². The quantitative estimate of drug-likeness (QED) is 0.721. The van der Waals surface area contributed by atoms with Gasteiger partial charge in [-0.2, -0.15) is 0 Å². The predicted octanol–water partition coefficient (Wildman–Crippen LogP) is 4.03. The van der Waals surface area contributed by atoms with Gasteiger partial charge < -0.3 is 0 Å². The van der Waals surface area contributed by atoms with Crippen LogP contribution in [0.4, 0.5) is 4.39 Å². The number of aryl methyl sites for hydroxylation is 2. The first kappa shape index (κ1) is 16.5. The largest absolute Gasteiger partial charge is 0.298 e. The highest BCUT2D eigenvalue weighted by molar-refractivity contribution is 7.19. The van der Waals surface area contributed by atoms with Crippen LogP contribution in [0, 0.1) is 19.7 Å². The van der Waals surface area contributed by atoms with Crippen LogP contribution >= 0.6 is 11.3 Å². The van der Waals surface area contributed by atoms with Crippen molar-refractivity contribution in [2.45, 2.75) is 33.7 Å². The minimum Gasteiger partial charge on any atom is -0.298 e. The molecule has 1 atom stereocenters. The molecular formula is C18H17FN2O2S. The van der Waals surface area contributed by atoms with Gasteiger partial charge in [-0.25, -0.2) is 9.37 Å². The fourth-order valence-corrected chi connectivity index (χ4v) is 3.96. The number of carbonyl (C=O) groups is 1. The van der Waals surface area contributed by atoms with Gasteiger partial charge in [-0.3, -0.25) is 14.2 Å². The molecule has 124 valence electrons. The molecule has 2 aromatic heterocycles. The summed E-state index contributed by atoms with van der Waals surface area (Å²) in [5, 5.41) is 0.489. The van der Waals surface area contributed by atoms with Crippen molar-refractivity contribution in [3.05, 3.63) is 51.1 Å². The summed E-state index contributed by atoms with van der Waals surface area (Å²) in [6.45, 7) is 6.80. The third kappa shape index (κ3) is 2.57. The van der Waals surface area contributed by atoms with E-state index in [1.165, 1.54) is 35.0 Å². The number of thiophene rings is 1. The Kier molecular flexibility index (Phi) is 4.09. The van der Waals surface area contributed by atoms with Crippen LogP contribution in [0.15, 0.2) is 29.1 Å². The third-order valence-corrected chi connectivity index (χ3v) is 5.22. The molecule has 0 spiro atoms. The molecule has 4 nitrogen and oxygen atoms in total. The van der Waals surface area contributed by atoms with Crippen LogP contribution < -0.4 is 5.56 Å². The van der Waals surface area contributed by atoms with Gasteiger partial charge in [0.2, 0.25) is 0 Å². The van der Waals surface area contributed by atoms with Gasteiger partial charge in [-0.1, -0.05) is 12.1 Å². The molecule has 0 fully saturated rings. The smallest absolute Gasteiger partial charge is 0.263 e. The van der Waals surface area contributed by atoms with E-state index < -0.39 is 6.04 Å². The Morgan fingerprint density at radius 2 is 1.88 bits per heavy atom. The lowest BCUT2D eigenvalue weighted by Gasteiger charge is -2.15. The molecule has 0 aliphatic heterocycles.